The van der Waals surface area contributed by atoms with Gasteiger partial charge in [-0.3, -0.25) is 9.59 Å². The van der Waals surface area contributed by atoms with Crippen molar-refractivity contribution < 1.29 is 9.59 Å². The number of rotatable bonds is 1. The fourth-order valence-electron chi connectivity index (χ4n) is 2.04. The van der Waals surface area contributed by atoms with Crippen LogP contribution in [0.3, 0.4) is 0 Å². The number of H-pyrrole nitrogens is 1. The van der Waals surface area contributed by atoms with Crippen molar-refractivity contribution in [3.8, 4) is 0 Å². The lowest BCUT2D eigenvalue weighted by Crippen LogP contribution is -2.52. The van der Waals surface area contributed by atoms with Crippen LogP contribution in [-0.2, 0) is 9.59 Å². The van der Waals surface area contributed by atoms with E-state index in [1.807, 2.05) is 24.3 Å². The standard InChI is InChI=1S/C13H11N3O2S/c17-11-9(12(18)16-13(19)15-11)5-7-6-14-10-4-2-1-3-8(7)10/h1-6,13-14,19H,(H,15,17)(H,16,18). The van der Waals surface area contributed by atoms with Crippen LogP contribution in [0.1, 0.15) is 5.56 Å². The number of hydrogen-bond acceptors (Lipinski definition) is 3. The third-order valence-corrected chi connectivity index (χ3v) is 3.20. The molecule has 2 heterocycles. The molecule has 0 bridgehead atoms. The van der Waals surface area contributed by atoms with Gasteiger partial charge in [0.05, 0.1) is 0 Å². The SMILES string of the molecule is O=C1NC(S)NC(=O)C1=Cc1c[nH]c2ccccc12. The van der Waals surface area contributed by atoms with Crippen molar-refractivity contribution in [2.24, 2.45) is 0 Å². The summed E-state index contributed by atoms with van der Waals surface area (Å²) in [6, 6.07) is 7.69. The average Bonchev–Trinajstić information content (AvgIpc) is 2.77. The number of carbonyl (C=O) groups excluding carboxylic acids is 2. The molecule has 1 aromatic heterocycles. The highest BCUT2D eigenvalue weighted by molar-refractivity contribution is 7.80. The Morgan fingerprint density at radius 3 is 2.53 bits per heavy atom. The average molecular weight is 273 g/mol. The third kappa shape index (κ3) is 2.10. The van der Waals surface area contributed by atoms with Crippen LogP contribution in [0.15, 0.2) is 36.0 Å². The van der Waals surface area contributed by atoms with E-state index >= 15 is 0 Å². The van der Waals surface area contributed by atoms with Crippen LogP contribution in [0, 0.1) is 0 Å². The second-order valence-corrected chi connectivity index (χ2v) is 4.71. The summed E-state index contributed by atoms with van der Waals surface area (Å²) >= 11 is 4.00. The van der Waals surface area contributed by atoms with Gasteiger partial charge in [-0.25, -0.2) is 0 Å². The summed E-state index contributed by atoms with van der Waals surface area (Å²) < 4.78 is 0. The van der Waals surface area contributed by atoms with Gasteiger partial charge in [0, 0.05) is 22.7 Å². The first-order valence-corrected chi connectivity index (χ1v) is 6.24. The van der Waals surface area contributed by atoms with E-state index in [0.29, 0.717) is 0 Å². The number of para-hydroxylation sites is 1. The van der Waals surface area contributed by atoms with Crippen LogP contribution in [0.4, 0.5) is 0 Å². The zero-order valence-electron chi connectivity index (χ0n) is 9.81. The molecule has 3 N–H and O–H groups in total. The quantitative estimate of drug-likeness (QED) is 0.356. The highest BCUT2D eigenvalue weighted by Crippen LogP contribution is 2.21. The predicted molar refractivity (Wildman–Crippen MR) is 75.3 cm³/mol. The van der Waals surface area contributed by atoms with Gasteiger partial charge in [-0.1, -0.05) is 18.2 Å². The van der Waals surface area contributed by atoms with Gasteiger partial charge in [0.2, 0.25) is 0 Å². The van der Waals surface area contributed by atoms with Gasteiger partial charge >= 0.3 is 0 Å². The Morgan fingerprint density at radius 1 is 1.11 bits per heavy atom. The topological polar surface area (TPSA) is 74.0 Å². The molecule has 1 fully saturated rings. The van der Waals surface area contributed by atoms with Crippen LogP contribution < -0.4 is 10.6 Å². The van der Waals surface area contributed by atoms with E-state index in [4.69, 9.17) is 0 Å². The summed E-state index contributed by atoms with van der Waals surface area (Å²) in [6.07, 6.45) is 3.34. The summed E-state index contributed by atoms with van der Waals surface area (Å²) in [5.74, 6) is -0.844. The Kier molecular flexibility index (Phi) is 2.79. The van der Waals surface area contributed by atoms with E-state index in [2.05, 4.69) is 28.2 Å². The fraction of sp³-hybridized carbons (Fsp3) is 0.0769. The van der Waals surface area contributed by atoms with Crippen molar-refractivity contribution in [3.05, 3.63) is 41.6 Å². The number of nitrogens with one attached hydrogen (secondary N) is 3. The van der Waals surface area contributed by atoms with Crippen molar-refractivity contribution in [2.45, 2.75) is 5.50 Å². The molecule has 0 atom stereocenters. The van der Waals surface area contributed by atoms with Crippen LogP contribution in [-0.4, -0.2) is 22.3 Å². The van der Waals surface area contributed by atoms with Crippen molar-refractivity contribution >= 4 is 41.4 Å². The summed E-state index contributed by atoms with van der Waals surface area (Å²) in [5, 5.41) is 6.03. The minimum atomic E-state index is -0.639. The van der Waals surface area contributed by atoms with E-state index in [9.17, 15) is 9.59 Å². The molecule has 3 rings (SSSR count). The molecule has 1 aliphatic rings. The number of hydrogen-bond donors (Lipinski definition) is 4. The maximum Gasteiger partial charge on any atom is 0.259 e. The molecule has 0 radical (unpaired) electrons. The van der Waals surface area contributed by atoms with Crippen molar-refractivity contribution in [3.63, 3.8) is 0 Å². The van der Waals surface area contributed by atoms with Crippen molar-refractivity contribution in [2.75, 3.05) is 0 Å². The van der Waals surface area contributed by atoms with Crippen LogP contribution in [0.2, 0.25) is 0 Å². The van der Waals surface area contributed by atoms with E-state index in [1.165, 1.54) is 0 Å². The van der Waals surface area contributed by atoms with E-state index in [1.54, 1.807) is 12.3 Å². The lowest BCUT2D eigenvalue weighted by molar-refractivity contribution is -0.126. The molecule has 1 aliphatic heterocycles. The lowest BCUT2D eigenvalue weighted by atomic mass is 10.1. The third-order valence-electron chi connectivity index (χ3n) is 2.95. The number of carbonyl (C=O) groups is 2. The summed E-state index contributed by atoms with van der Waals surface area (Å²) in [4.78, 5) is 26.6. The smallest absolute Gasteiger partial charge is 0.259 e. The first-order valence-electron chi connectivity index (χ1n) is 5.73. The molecule has 0 aliphatic carbocycles. The highest BCUT2D eigenvalue weighted by Gasteiger charge is 2.27. The summed E-state index contributed by atoms with van der Waals surface area (Å²) in [6.45, 7) is 0. The van der Waals surface area contributed by atoms with Gasteiger partial charge < -0.3 is 15.6 Å². The second kappa shape index (κ2) is 4.47. The zero-order chi connectivity index (χ0) is 13.4. The number of fused-ring (bicyclic) bond motifs is 1. The van der Waals surface area contributed by atoms with Crippen LogP contribution in [0.5, 0.6) is 0 Å². The molecule has 0 unspecified atom stereocenters. The highest BCUT2D eigenvalue weighted by atomic mass is 32.1. The number of benzene rings is 1. The van der Waals surface area contributed by atoms with Crippen molar-refractivity contribution in [1.29, 1.82) is 0 Å². The summed E-state index contributed by atoms with van der Waals surface area (Å²) in [7, 11) is 0. The number of aromatic nitrogens is 1. The van der Waals surface area contributed by atoms with Gasteiger partial charge in [0.15, 0.2) is 0 Å². The van der Waals surface area contributed by atoms with E-state index in [-0.39, 0.29) is 5.57 Å². The molecule has 1 aromatic carbocycles. The Bertz CT molecular complexity index is 685. The summed E-state index contributed by atoms with van der Waals surface area (Å²) in [5.41, 5.74) is 1.20. The Balaban J connectivity index is 2.05. The Morgan fingerprint density at radius 2 is 1.79 bits per heavy atom. The minimum absolute atomic E-state index is 0.0788. The van der Waals surface area contributed by atoms with Gasteiger partial charge in [0.25, 0.3) is 11.8 Å². The van der Waals surface area contributed by atoms with E-state index < -0.39 is 17.3 Å². The molecule has 0 saturated carbocycles. The largest absolute Gasteiger partial charge is 0.361 e. The second-order valence-electron chi connectivity index (χ2n) is 4.20. The number of amides is 2. The predicted octanol–water partition coefficient (Wildman–Crippen LogP) is 1.01. The van der Waals surface area contributed by atoms with Gasteiger partial charge in [0.1, 0.15) is 11.1 Å². The van der Waals surface area contributed by atoms with Gasteiger partial charge in [-0.2, -0.15) is 0 Å². The number of aromatic amines is 1. The zero-order valence-corrected chi connectivity index (χ0v) is 10.7. The van der Waals surface area contributed by atoms with Crippen LogP contribution >= 0.6 is 12.6 Å². The molecule has 6 heteroatoms. The minimum Gasteiger partial charge on any atom is -0.361 e. The first kappa shape index (κ1) is 11.9. The molecular formula is C13H11N3O2S. The molecule has 2 amide bonds. The van der Waals surface area contributed by atoms with Crippen molar-refractivity contribution in [1.82, 2.24) is 15.6 Å². The maximum atomic E-state index is 11.8. The lowest BCUT2D eigenvalue weighted by Gasteiger charge is -2.21. The molecule has 96 valence electrons. The molecular weight excluding hydrogens is 262 g/mol. The monoisotopic (exact) mass is 273 g/mol. The first-order chi connectivity index (χ1) is 9.15. The maximum absolute atomic E-state index is 11.8. The van der Waals surface area contributed by atoms with Crippen LogP contribution in [0.25, 0.3) is 17.0 Å². The van der Waals surface area contributed by atoms with Gasteiger partial charge in [-0.05, 0) is 12.1 Å². The normalized spacial score (nSPS) is 19.2. The van der Waals surface area contributed by atoms with Gasteiger partial charge in [-0.15, -0.1) is 12.6 Å². The Labute approximate surface area is 114 Å². The molecule has 2 aromatic rings. The molecule has 1 saturated heterocycles. The fourth-order valence-corrected chi connectivity index (χ4v) is 2.28. The molecule has 0 spiro atoms. The molecule has 5 nitrogen and oxygen atoms in total. The Hall–Kier alpha value is -2.21. The molecule has 19 heavy (non-hydrogen) atoms. The van der Waals surface area contributed by atoms with E-state index in [0.717, 1.165) is 16.5 Å². The number of thiol groups is 1.